The minimum Gasteiger partial charge on any atom is -0.466 e. The molecule has 5 rings (SSSR count). The summed E-state index contributed by atoms with van der Waals surface area (Å²) in [5.41, 5.74) is 0.836. The standard InChI is InChI=1S/C27H24F3N3O5/c1-25(37)13-26(14-25,32-24(35)36)18-9-7-17(8-10-18)22-19(16-5-3-2-4-6-16)11-20-23(31-22)38-12-21(34)33(20)15-27(28,29)30/h2-11,32,37H,12-15H2,1H3,(H,35,36). The van der Waals surface area contributed by atoms with Crippen LogP contribution in [0, 0.1) is 0 Å². The van der Waals surface area contributed by atoms with E-state index in [1.165, 1.54) is 6.07 Å². The highest BCUT2D eigenvalue weighted by Crippen LogP contribution is 2.49. The van der Waals surface area contributed by atoms with E-state index in [1.807, 2.05) is 0 Å². The minimum atomic E-state index is -4.61. The van der Waals surface area contributed by atoms with Crippen molar-refractivity contribution in [2.24, 2.45) is 0 Å². The fourth-order valence-electron chi connectivity index (χ4n) is 5.30. The molecule has 1 saturated carbocycles. The van der Waals surface area contributed by atoms with Gasteiger partial charge in [0.2, 0.25) is 5.88 Å². The molecular formula is C27H24F3N3O5. The number of ether oxygens (including phenoxy) is 1. The van der Waals surface area contributed by atoms with Crippen molar-refractivity contribution in [1.29, 1.82) is 0 Å². The molecule has 0 bridgehead atoms. The second kappa shape index (κ2) is 9.02. The highest BCUT2D eigenvalue weighted by atomic mass is 19.4. The van der Waals surface area contributed by atoms with Crippen LogP contribution in [-0.2, 0) is 10.3 Å². The molecule has 1 aliphatic carbocycles. The molecule has 2 aromatic carbocycles. The Morgan fingerprint density at radius 2 is 1.76 bits per heavy atom. The second-order valence-electron chi connectivity index (χ2n) is 9.90. The summed E-state index contributed by atoms with van der Waals surface area (Å²) in [6.07, 6.45) is -5.41. The highest BCUT2D eigenvalue weighted by Gasteiger charge is 2.53. The van der Waals surface area contributed by atoms with Crippen LogP contribution < -0.4 is 15.0 Å². The largest absolute Gasteiger partial charge is 0.466 e. The summed E-state index contributed by atoms with van der Waals surface area (Å²) >= 11 is 0. The van der Waals surface area contributed by atoms with Gasteiger partial charge in [-0.1, -0.05) is 54.6 Å². The van der Waals surface area contributed by atoms with Crippen molar-refractivity contribution in [2.45, 2.75) is 37.1 Å². The molecule has 3 N–H and O–H groups in total. The number of hydrogen-bond acceptors (Lipinski definition) is 5. The number of carboxylic acid groups (broad SMARTS) is 1. The maximum atomic E-state index is 13.3. The van der Waals surface area contributed by atoms with Gasteiger partial charge in [-0.25, -0.2) is 9.78 Å². The SMILES string of the molecule is CC1(O)CC(NC(=O)O)(c2ccc(-c3nc4c(cc3-c3ccccc3)N(CC(F)(F)F)C(=O)CO4)cc2)C1. The molecule has 1 fully saturated rings. The lowest BCUT2D eigenvalue weighted by molar-refractivity contribution is -0.134. The van der Waals surface area contributed by atoms with Crippen molar-refractivity contribution in [2.75, 3.05) is 18.1 Å². The molecule has 2 aliphatic rings. The third-order valence-electron chi connectivity index (χ3n) is 6.74. The quantitative estimate of drug-likeness (QED) is 0.443. The molecule has 2 heterocycles. The molecule has 2 amide bonds. The average molecular weight is 527 g/mol. The van der Waals surface area contributed by atoms with Crippen LogP contribution in [0.4, 0.5) is 23.7 Å². The Labute approximate surface area is 215 Å². The van der Waals surface area contributed by atoms with Crippen molar-refractivity contribution in [3.8, 4) is 28.3 Å². The van der Waals surface area contributed by atoms with E-state index in [2.05, 4.69) is 10.3 Å². The highest BCUT2D eigenvalue weighted by molar-refractivity contribution is 5.99. The van der Waals surface area contributed by atoms with Gasteiger partial charge in [0.15, 0.2) is 6.61 Å². The second-order valence-corrected chi connectivity index (χ2v) is 9.90. The zero-order valence-electron chi connectivity index (χ0n) is 20.2. The van der Waals surface area contributed by atoms with Gasteiger partial charge in [0, 0.05) is 24.0 Å². The zero-order valence-corrected chi connectivity index (χ0v) is 20.2. The number of aromatic nitrogens is 1. The molecule has 3 aromatic rings. The maximum absolute atomic E-state index is 13.3. The lowest BCUT2D eigenvalue weighted by Crippen LogP contribution is -2.61. The van der Waals surface area contributed by atoms with Gasteiger partial charge in [0.25, 0.3) is 5.91 Å². The average Bonchev–Trinajstić information content (AvgIpc) is 2.83. The summed E-state index contributed by atoms with van der Waals surface area (Å²) in [6, 6.07) is 17.3. The van der Waals surface area contributed by atoms with Gasteiger partial charge in [0.1, 0.15) is 12.2 Å². The molecule has 38 heavy (non-hydrogen) atoms. The van der Waals surface area contributed by atoms with Gasteiger partial charge in [-0.2, -0.15) is 13.2 Å². The Kier molecular flexibility index (Phi) is 6.06. The van der Waals surface area contributed by atoms with Crippen LogP contribution >= 0.6 is 0 Å². The predicted octanol–water partition coefficient (Wildman–Crippen LogP) is 4.71. The van der Waals surface area contributed by atoms with Crippen LogP contribution in [-0.4, -0.2) is 52.1 Å². The van der Waals surface area contributed by atoms with Crippen LogP contribution in [0.1, 0.15) is 25.3 Å². The number of pyridine rings is 1. The number of benzene rings is 2. The summed E-state index contributed by atoms with van der Waals surface area (Å²) in [7, 11) is 0. The fraction of sp³-hybridized carbons (Fsp3) is 0.296. The minimum absolute atomic E-state index is 0.0703. The predicted molar refractivity (Wildman–Crippen MR) is 132 cm³/mol. The molecule has 1 aromatic heterocycles. The van der Waals surface area contributed by atoms with E-state index in [-0.39, 0.29) is 24.4 Å². The molecule has 1 aliphatic heterocycles. The normalized spacial score (nSPS) is 22.8. The molecule has 0 atom stereocenters. The van der Waals surface area contributed by atoms with Crippen LogP contribution in [0.3, 0.4) is 0 Å². The number of carbonyl (C=O) groups excluding carboxylic acids is 1. The summed E-state index contributed by atoms with van der Waals surface area (Å²) in [4.78, 5) is 28.9. The Bertz CT molecular complexity index is 1380. The molecule has 11 heteroatoms. The summed E-state index contributed by atoms with van der Waals surface area (Å²) in [5.74, 6) is -0.910. The van der Waals surface area contributed by atoms with Crippen LogP contribution in [0.5, 0.6) is 5.88 Å². The number of hydrogen-bond donors (Lipinski definition) is 3. The van der Waals surface area contributed by atoms with Crippen LogP contribution in [0.15, 0.2) is 60.7 Å². The lowest BCUT2D eigenvalue weighted by atomic mass is 9.62. The molecule has 0 unspecified atom stereocenters. The third kappa shape index (κ3) is 4.89. The molecule has 0 saturated heterocycles. The zero-order chi connectivity index (χ0) is 27.3. The van der Waals surface area contributed by atoms with E-state index in [1.54, 1.807) is 61.5 Å². The first-order valence-electron chi connectivity index (χ1n) is 11.8. The number of fused-ring (bicyclic) bond motifs is 1. The van der Waals surface area contributed by atoms with E-state index < -0.39 is 42.5 Å². The fourth-order valence-corrected chi connectivity index (χ4v) is 5.30. The number of anilines is 1. The maximum Gasteiger partial charge on any atom is 0.406 e. The summed E-state index contributed by atoms with van der Waals surface area (Å²) < 4.78 is 45.2. The first-order chi connectivity index (χ1) is 17.9. The number of rotatable bonds is 5. The van der Waals surface area contributed by atoms with Gasteiger partial charge in [0.05, 0.1) is 16.8 Å². The van der Waals surface area contributed by atoms with E-state index >= 15 is 0 Å². The molecule has 0 radical (unpaired) electrons. The van der Waals surface area contributed by atoms with Crippen molar-refractivity contribution in [3.63, 3.8) is 0 Å². The Balaban J connectivity index is 1.59. The monoisotopic (exact) mass is 527 g/mol. The number of aliphatic hydroxyl groups is 1. The van der Waals surface area contributed by atoms with Crippen LogP contribution in [0.2, 0.25) is 0 Å². The summed E-state index contributed by atoms with van der Waals surface area (Å²) in [5, 5.41) is 22.2. The third-order valence-corrected chi connectivity index (χ3v) is 6.74. The number of nitrogens with one attached hydrogen (secondary N) is 1. The smallest absolute Gasteiger partial charge is 0.406 e. The van der Waals surface area contributed by atoms with Crippen molar-refractivity contribution >= 4 is 17.7 Å². The van der Waals surface area contributed by atoms with Crippen LogP contribution in [0.25, 0.3) is 22.4 Å². The Hall–Kier alpha value is -4.12. The van der Waals surface area contributed by atoms with Gasteiger partial charge in [-0.05, 0) is 24.1 Å². The number of amides is 2. The molecule has 0 spiro atoms. The van der Waals surface area contributed by atoms with Crippen molar-refractivity contribution in [3.05, 3.63) is 66.2 Å². The van der Waals surface area contributed by atoms with Gasteiger partial charge >= 0.3 is 12.3 Å². The number of carbonyl (C=O) groups is 2. The topological polar surface area (TPSA) is 112 Å². The molecular weight excluding hydrogens is 503 g/mol. The number of nitrogens with zero attached hydrogens (tertiary/aromatic N) is 2. The molecule has 198 valence electrons. The first kappa shape index (κ1) is 25.5. The van der Waals surface area contributed by atoms with Gasteiger partial charge in [-0.3, -0.25) is 9.69 Å². The number of halogens is 3. The Morgan fingerprint density at radius 1 is 1.11 bits per heavy atom. The van der Waals surface area contributed by atoms with Crippen molar-refractivity contribution in [1.82, 2.24) is 10.3 Å². The van der Waals surface area contributed by atoms with E-state index in [9.17, 15) is 33.0 Å². The van der Waals surface area contributed by atoms with Gasteiger partial charge < -0.3 is 20.3 Å². The van der Waals surface area contributed by atoms with E-state index in [0.717, 1.165) is 0 Å². The lowest BCUT2D eigenvalue weighted by Gasteiger charge is -2.51. The summed E-state index contributed by atoms with van der Waals surface area (Å²) in [6.45, 7) is -0.393. The van der Waals surface area contributed by atoms with Gasteiger partial charge in [-0.15, -0.1) is 0 Å². The molecule has 8 nitrogen and oxygen atoms in total. The van der Waals surface area contributed by atoms with E-state index in [0.29, 0.717) is 32.8 Å². The van der Waals surface area contributed by atoms with E-state index in [4.69, 9.17) is 4.74 Å². The number of alkyl halides is 3. The Morgan fingerprint density at radius 3 is 2.34 bits per heavy atom. The first-order valence-corrected chi connectivity index (χ1v) is 11.8. The van der Waals surface area contributed by atoms with Crippen molar-refractivity contribution < 1.29 is 37.7 Å².